The molecule has 1 aromatic heterocycles. The number of para-hydroxylation sites is 1. The van der Waals surface area contributed by atoms with Crippen LogP contribution in [0.5, 0.6) is 0 Å². The molecule has 0 aliphatic rings. The second kappa shape index (κ2) is 3.87. The summed E-state index contributed by atoms with van der Waals surface area (Å²) in [5.74, 6) is 0. The highest BCUT2D eigenvalue weighted by molar-refractivity contribution is 9.10. The SMILES string of the molecule is OB(O)c1cccc2c1oc1ccc(Br)cc12. The van der Waals surface area contributed by atoms with Gasteiger partial charge in [-0.2, -0.15) is 0 Å². The number of rotatable bonds is 1. The smallest absolute Gasteiger partial charge is 0.456 e. The lowest BCUT2D eigenvalue weighted by Crippen LogP contribution is -2.29. The third kappa shape index (κ3) is 1.67. The van der Waals surface area contributed by atoms with Crippen molar-refractivity contribution in [2.24, 2.45) is 0 Å². The molecule has 2 N–H and O–H groups in total. The van der Waals surface area contributed by atoms with Crippen LogP contribution < -0.4 is 5.46 Å². The van der Waals surface area contributed by atoms with Crippen molar-refractivity contribution in [2.45, 2.75) is 0 Å². The van der Waals surface area contributed by atoms with Gasteiger partial charge in [-0.05, 0) is 18.2 Å². The first-order chi connectivity index (χ1) is 8.16. The molecule has 0 spiro atoms. The third-order valence-electron chi connectivity index (χ3n) is 2.77. The second-order valence-corrected chi connectivity index (χ2v) is 4.76. The van der Waals surface area contributed by atoms with E-state index in [1.54, 1.807) is 12.1 Å². The van der Waals surface area contributed by atoms with Crippen LogP contribution in [0.25, 0.3) is 21.9 Å². The monoisotopic (exact) mass is 290 g/mol. The van der Waals surface area contributed by atoms with E-state index >= 15 is 0 Å². The maximum atomic E-state index is 9.29. The Kier molecular flexibility index (Phi) is 2.47. The number of benzene rings is 2. The van der Waals surface area contributed by atoms with Gasteiger partial charge in [0.2, 0.25) is 0 Å². The molecular weight excluding hydrogens is 283 g/mol. The first-order valence-electron chi connectivity index (χ1n) is 5.13. The summed E-state index contributed by atoms with van der Waals surface area (Å²) in [4.78, 5) is 0. The van der Waals surface area contributed by atoms with Crippen LogP contribution >= 0.6 is 15.9 Å². The van der Waals surface area contributed by atoms with E-state index in [0.29, 0.717) is 11.0 Å². The highest BCUT2D eigenvalue weighted by Gasteiger charge is 2.18. The molecule has 3 aromatic rings. The lowest BCUT2D eigenvalue weighted by molar-refractivity contribution is 0.425. The van der Waals surface area contributed by atoms with Crippen molar-refractivity contribution in [1.29, 1.82) is 0 Å². The molecule has 5 heteroatoms. The number of halogens is 1. The van der Waals surface area contributed by atoms with Gasteiger partial charge in [-0.1, -0.05) is 34.1 Å². The fraction of sp³-hybridized carbons (Fsp3) is 0. The third-order valence-corrected chi connectivity index (χ3v) is 3.26. The summed E-state index contributed by atoms with van der Waals surface area (Å²) >= 11 is 3.41. The Bertz CT molecular complexity index is 705. The van der Waals surface area contributed by atoms with Crippen molar-refractivity contribution in [3.05, 3.63) is 40.9 Å². The van der Waals surface area contributed by atoms with Crippen LogP contribution in [0.1, 0.15) is 0 Å². The molecule has 0 unspecified atom stereocenters. The summed E-state index contributed by atoms with van der Waals surface area (Å²) in [5.41, 5.74) is 1.64. The summed E-state index contributed by atoms with van der Waals surface area (Å²) in [6.45, 7) is 0. The normalized spacial score (nSPS) is 11.2. The van der Waals surface area contributed by atoms with Gasteiger partial charge in [-0.25, -0.2) is 0 Å². The summed E-state index contributed by atoms with van der Waals surface area (Å²) in [5, 5.41) is 20.4. The van der Waals surface area contributed by atoms with E-state index in [2.05, 4.69) is 15.9 Å². The predicted molar refractivity (Wildman–Crippen MR) is 71.2 cm³/mol. The molecule has 0 fully saturated rings. The first kappa shape index (κ1) is 10.8. The molecule has 0 aliphatic heterocycles. The second-order valence-electron chi connectivity index (χ2n) is 3.84. The number of hydrogen-bond acceptors (Lipinski definition) is 3. The van der Waals surface area contributed by atoms with Crippen LogP contribution in [0.2, 0.25) is 0 Å². The zero-order chi connectivity index (χ0) is 12.0. The van der Waals surface area contributed by atoms with E-state index in [-0.39, 0.29) is 0 Å². The molecule has 17 heavy (non-hydrogen) atoms. The molecule has 84 valence electrons. The Morgan fingerprint density at radius 2 is 1.88 bits per heavy atom. The number of furan rings is 1. The van der Waals surface area contributed by atoms with Crippen LogP contribution in [0.4, 0.5) is 0 Å². The summed E-state index contributed by atoms with van der Waals surface area (Å²) in [6, 6.07) is 11.0. The van der Waals surface area contributed by atoms with Gasteiger partial charge in [0.25, 0.3) is 0 Å². The highest BCUT2D eigenvalue weighted by atomic mass is 79.9. The van der Waals surface area contributed by atoms with Crippen molar-refractivity contribution in [3.63, 3.8) is 0 Å². The minimum Gasteiger partial charge on any atom is -0.456 e. The Labute approximate surface area is 106 Å². The van der Waals surface area contributed by atoms with Gasteiger partial charge in [0, 0.05) is 20.7 Å². The number of hydrogen-bond donors (Lipinski definition) is 2. The zero-order valence-corrected chi connectivity index (χ0v) is 10.3. The van der Waals surface area contributed by atoms with Crippen molar-refractivity contribution < 1.29 is 14.5 Å². The summed E-state index contributed by atoms with van der Waals surface area (Å²) in [6.07, 6.45) is 0. The van der Waals surface area contributed by atoms with Crippen LogP contribution in [-0.2, 0) is 0 Å². The molecular formula is C12H8BBrO3. The fourth-order valence-corrected chi connectivity index (χ4v) is 2.36. The highest BCUT2D eigenvalue weighted by Crippen LogP contribution is 2.29. The summed E-state index contributed by atoms with van der Waals surface area (Å²) < 4.78 is 6.62. The van der Waals surface area contributed by atoms with E-state index in [4.69, 9.17) is 4.42 Å². The first-order valence-corrected chi connectivity index (χ1v) is 5.93. The minimum atomic E-state index is -1.53. The average Bonchev–Trinajstić information content (AvgIpc) is 2.66. The molecule has 0 aliphatic carbocycles. The summed E-state index contributed by atoms with van der Waals surface area (Å²) in [7, 11) is -1.53. The van der Waals surface area contributed by atoms with Gasteiger partial charge in [0.1, 0.15) is 11.2 Å². The molecule has 0 radical (unpaired) electrons. The largest absolute Gasteiger partial charge is 0.492 e. The number of fused-ring (bicyclic) bond motifs is 3. The van der Waals surface area contributed by atoms with Crippen LogP contribution in [0, 0.1) is 0 Å². The molecule has 0 bridgehead atoms. The Hall–Kier alpha value is -1.30. The van der Waals surface area contributed by atoms with Crippen molar-refractivity contribution in [3.8, 4) is 0 Å². The van der Waals surface area contributed by atoms with Gasteiger partial charge in [0.05, 0.1) is 0 Å². The zero-order valence-electron chi connectivity index (χ0n) is 8.72. The fourth-order valence-electron chi connectivity index (χ4n) is 2.00. The maximum Gasteiger partial charge on any atom is 0.492 e. The molecule has 0 atom stereocenters. The quantitative estimate of drug-likeness (QED) is 0.674. The van der Waals surface area contributed by atoms with E-state index < -0.39 is 7.12 Å². The maximum absolute atomic E-state index is 9.29. The van der Waals surface area contributed by atoms with Crippen molar-refractivity contribution in [2.75, 3.05) is 0 Å². The van der Waals surface area contributed by atoms with E-state index in [1.165, 1.54) is 0 Å². The van der Waals surface area contributed by atoms with Gasteiger partial charge in [-0.15, -0.1) is 0 Å². The Morgan fingerprint density at radius 1 is 1.06 bits per heavy atom. The van der Waals surface area contributed by atoms with E-state index in [1.807, 2.05) is 24.3 Å². The molecule has 1 heterocycles. The van der Waals surface area contributed by atoms with Crippen molar-refractivity contribution in [1.82, 2.24) is 0 Å². The average molecular weight is 291 g/mol. The minimum absolute atomic E-state index is 0.384. The molecule has 0 saturated heterocycles. The van der Waals surface area contributed by atoms with Gasteiger partial charge in [-0.3, -0.25) is 0 Å². The Balaban J connectivity index is 2.47. The lowest BCUT2D eigenvalue weighted by Gasteiger charge is -1.98. The van der Waals surface area contributed by atoms with Crippen LogP contribution in [-0.4, -0.2) is 17.2 Å². The van der Waals surface area contributed by atoms with E-state index in [9.17, 15) is 10.0 Å². The topological polar surface area (TPSA) is 53.6 Å². The van der Waals surface area contributed by atoms with Gasteiger partial charge in [0.15, 0.2) is 0 Å². The van der Waals surface area contributed by atoms with Gasteiger partial charge >= 0.3 is 7.12 Å². The standard InChI is InChI=1S/C12H8BBrO3/c14-7-4-5-11-9(6-7)8-2-1-3-10(13(15)16)12(8)17-11/h1-6,15-16H. The molecule has 3 nitrogen and oxygen atoms in total. The molecule has 3 rings (SSSR count). The van der Waals surface area contributed by atoms with Crippen LogP contribution in [0.3, 0.4) is 0 Å². The molecule has 0 amide bonds. The molecule has 2 aromatic carbocycles. The van der Waals surface area contributed by atoms with Crippen LogP contribution in [0.15, 0.2) is 45.3 Å². The lowest BCUT2D eigenvalue weighted by atomic mass is 9.79. The predicted octanol–water partition coefficient (Wildman–Crippen LogP) is 2.03. The van der Waals surface area contributed by atoms with Gasteiger partial charge < -0.3 is 14.5 Å². The Morgan fingerprint density at radius 3 is 2.65 bits per heavy atom. The van der Waals surface area contributed by atoms with Crippen molar-refractivity contribution >= 4 is 50.4 Å². The molecule has 0 saturated carbocycles. The van der Waals surface area contributed by atoms with E-state index in [0.717, 1.165) is 20.8 Å².